The van der Waals surface area contributed by atoms with Crippen LogP contribution in [0.4, 0.5) is 108 Å². The third kappa shape index (κ3) is 22.5. The number of anilines is 10. The zero-order valence-corrected chi connectivity index (χ0v) is 82.6. The number of amides is 10. The standard InChI is InChI=1S/C21H24F3N7O.C21H24N8O.C20H23F2N7O.C20H22N8O.C18H19FN8O/c1-29-12-15(10-26-29)27-19-25-6-4-18(28-19)13-8-16-2-3-17(9-13)31(16)20(32)30-7-5-14(11-30)21(22,23)24;1-27-13-16(11-24-27)25-20-23-6-4-19(26-20)15-8-17-2-3-18(9-15)29(17)21(30)28-7-5-14(10-22)12-28;1-27-11-14(10-24-27)25-18-23-6-4-17(26-18)13-8-15-2-3-16(9-13)29(15)19(30)28-7-5-20(21,22)12-28;1-26-12-15(9-23-26)24-19-22-5-4-18(25-19)14-6-16-2-3-17(7-14)28(16)20(29)27-10-13(8-21)11-27;1-26-10-12(8-23-26)24-17-22-9-15(19)16(25-17)11-6-13-2-3-14(7-11)27(13)18(28)21-5-4-20/h4,6,8,10,12,14,16-17H,2-3,5,7,9,11H2,1H3,(H,25,27,28);4,6,8,11,13-14,17-18H,2-3,5,7,9,12H2,1H3,(H,23,25,26);4,6,8,10-11,15-16H,2-3,5,7,9,12H2,1H3,(H,23,25,26);4-6,9,12-13,16-17H,2-3,7,10-11H2,1H3,(H,22,24,25);6,8-10,13-14H,2-3,5,7H2,1H3,(H,21,28)(H,22,24,25)/t;14-,17?,18?;;;/m.0.../s1. The highest BCUT2D eigenvalue weighted by Gasteiger charge is 2.52. The largest absolute Gasteiger partial charge is 0.393 e. The number of aromatic nitrogens is 20. The number of carbonyl (C=O) groups is 5. The summed E-state index contributed by atoms with van der Waals surface area (Å²) >= 11 is 0. The van der Waals surface area contributed by atoms with Crippen molar-refractivity contribution in [3.63, 3.8) is 0 Å². The molecule has 9 saturated heterocycles. The minimum absolute atomic E-state index is 0.0146. The van der Waals surface area contributed by atoms with Crippen LogP contribution in [-0.4, -0.2) is 304 Å². The van der Waals surface area contributed by atoms with Crippen molar-refractivity contribution in [2.45, 2.75) is 188 Å². The summed E-state index contributed by atoms with van der Waals surface area (Å²) in [6.07, 6.45) is 44.6. The predicted octanol–water partition coefficient (Wildman–Crippen LogP) is 13.2. The smallest absolute Gasteiger partial charge is 0.325 e. The number of rotatable bonds is 16. The molecule has 14 aliphatic rings. The lowest BCUT2D eigenvalue weighted by Crippen LogP contribution is -2.57. The summed E-state index contributed by atoms with van der Waals surface area (Å²) < 4.78 is 89.1. The van der Waals surface area contributed by atoms with E-state index in [0.717, 1.165) is 157 Å². The average molecular weight is 2040 g/mol. The second-order valence-corrected chi connectivity index (χ2v) is 39.8. The molecule has 14 aliphatic heterocycles. The molecule has 49 heteroatoms. The number of hydrogen-bond donors (Lipinski definition) is 6. The van der Waals surface area contributed by atoms with Gasteiger partial charge in [0, 0.05) is 173 Å². The quantitative estimate of drug-likeness (QED) is 0.0386. The maximum Gasteiger partial charge on any atom is 0.393 e. The Morgan fingerprint density at radius 1 is 0.389 bits per heavy atom. The van der Waals surface area contributed by atoms with Gasteiger partial charge >= 0.3 is 36.3 Å². The van der Waals surface area contributed by atoms with Gasteiger partial charge in [-0.2, -0.15) is 54.5 Å². The van der Waals surface area contributed by atoms with Crippen molar-refractivity contribution in [2.75, 3.05) is 85.5 Å². The van der Waals surface area contributed by atoms with E-state index in [1.54, 1.807) is 112 Å². The van der Waals surface area contributed by atoms with Crippen molar-refractivity contribution >= 4 is 116 Å². The van der Waals surface area contributed by atoms with Crippen LogP contribution in [0.25, 0.3) is 27.9 Å². The molecule has 10 bridgehead atoms. The normalized spacial score (nSPS) is 23.9. The SMILES string of the molecule is Cn1cc(Nc2ncc(F)c(C3=CC4CCC(C3)N4C(=O)NCC#N)n2)cn1.Cn1cc(Nc2nccc(C3=CC4CCC(C3)N4C(=O)N3CC(C#N)C3)n2)cn1.Cn1cc(Nc2nccc(C3=CC4CCC(C3)N4C(=O)N3CCC(C(F)(F)F)C3)n2)cn1.Cn1cc(Nc2nccc(C3=CC4CCC(C3)N4C(=O)N3CCC(F)(F)C3)n2)cn1.Cn1cc(Nc2nccc(C3=CC4CCC(C3)N4C(=O)N3CC[C@@H](C#N)C3)n2)cn1. The fraction of sp³-hybridized carbons (Fsp3) is 0.470. The molecule has 0 saturated carbocycles. The average Bonchev–Trinajstić information content (AvgIpc) is 1.65. The number of carbonyl (C=O) groups excluding carboxylic acids is 5. The van der Waals surface area contributed by atoms with E-state index >= 15 is 0 Å². The summed E-state index contributed by atoms with van der Waals surface area (Å²) in [5, 5.41) is 65.6. The first-order chi connectivity index (χ1) is 71.9. The van der Waals surface area contributed by atoms with Crippen molar-refractivity contribution in [3.05, 3.63) is 182 Å². The van der Waals surface area contributed by atoms with Crippen molar-refractivity contribution in [1.29, 1.82) is 15.8 Å². The third-order valence-electron chi connectivity index (χ3n) is 29.5. The zero-order chi connectivity index (χ0) is 104. The highest BCUT2D eigenvalue weighted by atomic mass is 19.4. The Morgan fingerprint density at radius 2 is 0.718 bits per heavy atom. The predicted molar refractivity (Wildman–Crippen MR) is 532 cm³/mol. The minimum atomic E-state index is -4.25. The van der Waals surface area contributed by atoms with Gasteiger partial charge in [-0.3, -0.25) is 23.4 Å². The molecule has 11 unspecified atom stereocenters. The van der Waals surface area contributed by atoms with E-state index in [-0.39, 0.29) is 153 Å². The van der Waals surface area contributed by atoms with Crippen LogP contribution in [0.2, 0.25) is 0 Å². The highest BCUT2D eigenvalue weighted by molar-refractivity contribution is 5.84. The van der Waals surface area contributed by atoms with Gasteiger partial charge in [0.05, 0.1) is 161 Å². The molecule has 774 valence electrons. The first kappa shape index (κ1) is 99.9. The maximum atomic E-state index is 14.5. The lowest BCUT2D eigenvalue weighted by atomic mass is 9.97. The molecule has 149 heavy (non-hydrogen) atoms. The molecule has 24 heterocycles. The van der Waals surface area contributed by atoms with Gasteiger partial charge in [-0.05, 0) is 161 Å². The molecule has 10 amide bonds. The summed E-state index contributed by atoms with van der Waals surface area (Å²) in [7, 11) is 9.17. The molecule has 9 fully saturated rings. The Labute approximate surface area is 853 Å². The maximum absolute atomic E-state index is 14.5. The highest BCUT2D eigenvalue weighted by Crippen LogP contribution is 2.47. The number of likely N-dealkylation sites (tertiary alicyclic amines) is 4. The van der Waals surface area contributed by atoms with Gasteiger partial charge in [0.25, 0.3) is 5.92 Å². The first-order valence-corrected chi connectivity index (χ1v) is 50.1. The van der Waals surface area contributed by atoms with Crippen LogP contribution in [0.1, 0.15) is 144 Å². The number of nitriles is 3. The molecule has 0 aromatic carbocycles. The molecular weight excluding hydrogens is 1930 g/mol. The monoisotopic (exact) mass is 2040 g/mol. The molecule has 0 spiro atoms. The molecular formula is C100H112F6N38O5. The Bertz CT molecular complexity index is 6980. The van der Waals surface area contributed by atoms with E-state index < -0.39 is 30.4 Å². The summed E-state index contributed by atoms with van der Waals surface area (Å²) in [5.41, 5.74) is 12.8. The van der Waals surface area contributed by atoms with Gasteiger partial charge < -0.3 is 76.0 Å². The number of nitrogens with one attached hydrogen (secondary N) is 6. The summed E-state index contributed by atoms with van der Waals surface area (Å²) in [4.78, 5) is 124. The van der Waals surface area contributed by atoms with Crippen LogP contribution >= 0.6 is 0 Å². The van der Waals surface area contributed by atoms with E-state index in [2.05, 4.69) is 138 Å². The second-order valence-electron chi connectivity index (χ2n) is 39.8. The topological polar surface area (TPSA) is 476 Å². The van der Waals surface area contributed by atoms with Gasteiger partial charge in [-0.15, -0.1) is 0 Å². The Balaban J connectivity index is 0.000000113. The van der Waals surface area contributed by atoms with Crippen molar-refractivity contribution in [2.24, 2.45) is 53.0 Å². The van der Waals surface area contributed by atoms with E-state index in [1.165, 1.54) is 15.4 Å². The number of halogens is 6. The van der Waals surface area contributed by atoms with Crippen LogP contribution in [0.15, 0.2) is 148 Å². The van der Waals surface area contributed by atoms with E-state index in [1.807, 2.05) is 110 Å². The zero-order valence-electron chi connectivity index (χ0n) is 82.6. The van der Waals surface area contributed by atoms with Crippen LogP contribution in [-0.2, 0) is 35.2 Å². The number of aryl methyl sites for hydroxylation is 5. The van der Waals surface area contributed by atoms with Gasteiger partial charge in [0.1, 0.15) is 12.2 Å². The fourth-order valence-electron chi connectivity index (χ4n) is 22.4. The number of alkyl halides is 5. The Hall–Kier alpha value is -16.5. The molecule has 0 aliphatic carbocycles. The number of urea groups is 5. The molecule has 0 radical (unpaired) electrons. The Kier molecular flexibility index (Phi) is 28.5. The molecule has 12 atom stereocenters. The first-order valence-electron chi connectivity index (χ1n) is 50.1. The third-order valence-corrected chi connectivity index (χ3v) is 29.5. The van der Waals surface area contributed by atoms with Crippen molar-refractivity contribution in [1.82, 2.24) is 148 Å². The Morgan fingerprint density at radius 3 is 1.04 bits per heavy atom. The minimum Gasteiger partial charge on any atom is -0.325 e. The van der Waals surface area contributed by atoms with Gasteiger partial charge in [-0.25, -0.2) is 87.0 Å². The molecule has 10 aromatic rings. The molecule has 24 rings (SSSR count). The van der Waals surface area contributed by atoms with E-state index in [9.17, 15) is 50.3 Å². The van der Waals surface area contributed by atoms with Crippen LogP contribution in [0.5, 0.6) is 0 Å². The lowest BCUT2D eigenvalue weighted by Gasteiger charge is -2.42. The van der Waals surface area contributed by atoms with Crippen molar-refractivity contribution in [3.8, 4) is 18.2 Å². The van der Waals surface area contributed by atoms with Crippen molar-refractivity contribution < 1.29 is 50.3 Å². The number of nitrogens with zero attached hydrogens (tertiary/aromatic N) is 32. The molecule has 10 aromatic heterocycles. The molecule has 43 nitrogen and oxygen atoms in total. The van der Waals surface area contributed by atoms with Gasteiger partial charge in [0.2, 0.25) is 29.7 Å². The summed E-state index contributed by atoms with van der Waals surface area (Å²) in [5.74, 6) is -2.46. The lowest BCUT2D eigenvalue weighted by molar-refractivity contribution is -0.170. The number of fused-ring (bicyclic) bond motifs is 10. The molecule has 6 N–H and O–H groups in total. The van der Waals surface area contributed by atoms with Gasteiger partial charge in [0.15, 0.2) is 5.82 Å². The fourth-order valence-corrected chi connectivity index (χ4v) is 22.4. The van der Waals surface area contributed by atoms with Crippen LogP contribution < -0.4 is 31.9 Å². The summed E-state index contributed by atoms with van der Waals surface area (Å²) in [6.45, 7) is 1.86. The second kappa shape index (κ2) is 42.5. The van der Waals surface area contributed by atoms with Crippen LogP contribution in [0, 0.1) is 57.6 Å². The van der Waals surface area contributed by atoms with Crippen LogP contribution in [0.3, 0.4) is 0 Å². The number of hydrogen-bond acceptors (Lipinski definition) is 28. The van der Waals surface area contributed by atoms with Gasteiger partial charge in [-0.1, -0.05) is 30.4 Å². The van der Waals surface area contributed by atoms with E-state index in [4.69, 9.17) is 15.8 Å². The summed E-state index contributed by atoms with van der Waals surface area (Å²) in [6, 6.07) is 13.5. The van der Waals surface area contributed by atoms with E-state index in [0.29, 0.717) is 74.9 Å².